The second kappa shape index (κ2) is 6.39. The number of carbonyl (C=O) groups is 1. The van der Waals surface area contributed by atoms with Crippen molar-refractivity contribution in [2.75, 3.05) is 18.4 Å². The average molecular weight is 338 g/mol. The smallest absolute Gasteiger partial charge is 0.279 e. The van der Waals surface area contributed by atoms with Gasteiger partial charge < -0.3 is 10.2 Å². The number of rotatable bonds is 4. The number of nitrogens with zero attached hydrogens (tertiary/aromatic N) is 1. The highest BCUT2D eigenvalue weighted by atomic mass is 32.1. The van der Waals surface area contributed by atoms with E-state index in [2.05, 4.69) is 22.8 Å². The molecule has 4 rings (SSSR count). The van der Waals surface area contributed by atoms with Gasteiger partial charge in [-0.05, 0) is 36.4 Å². The first kappa shape index (κ1) is 15.4. The van der Waals surface area contributed by atoms with Crippen molar-refractivity contribution in [2.45, 2.75) is 25.3 Å². The summed E-state index contributed by atoms with van der Waals surface area (Å²) in [6.07, 6.45) is 3.62. The molecular formula is C19H20N3OS+. The van der Waals surface area contributed by atoms with E-state index in [0.717, 1.165) is 18.9 Å². The summed E-state index contributed by atoms with van der Waals surface area (Å²) >= 11 is 1.85. The molecule has 1 aliphatic heterocycles. The SMILES string of the molecule is N#Cc1ccccc1NC(=O)C[NH+]1CCc2sccc2[C@H]1C1CC1. The summed E-state index contributed by atoms with van der Waals surface area (Å²) in [7, 11) is 0. The number of hydrogen-bond donors (Lipinski definition) is 2. The third kappa shape index (κ3) is 2.95. The van der Waals surface area contributed by atoms with Crippen LogP contribution in [-0.4, -0.2) is 19.0 Å². The molecule has 1 aromatic heterocycles. The van der Waals surface area contributed by atoms with Crippen molar-refractivity contribution in [2.24, 2.45) is 5.92 Å². The van der Waals surface area contributed by atoms with E-state index in [1.165, 1.54) is 28.2 Å². The van der Waals surface area contributed by atoms with E-state index < -0.39 is 0 Å². The summed E-state index contributed by atoms with van der Waals surface area (Å²) in [5.74, 6) is 0.727. The lowest BCUT2D eigenvalue weighted by molar-refractivity contribution is -0.928. The Morgan fingerprint density at radius 3 is 2.96 bits per heavy atom. The first-order chi connectivity index (χ1) is 11.8. The second-order valence-corrected chi connectivity index (χ2v) is 7.66. The molecule has 0 radical (unpaired) electrons. The average Bonchev–Trinajstić information content (AvgIpc) is 3.31. The number of benzene rings is 1. The van der Waals surface area contributed by atoms with Gasteiger partial charge in [0.2, 0.25) is 0 Å². The third-order valence-corrected chi connectivity index (χ3v) is 6.03. The second-order valence-electron chi connectivity index (χ2n) is 6.65. The first-order valence-electron chi connectivity index (χ1n) is 8.46. The predicted octanol–water partition coefficient (Wildman–Crippen LogP) is 2.15. The molecule has 1 unspecified atom stereocenters. The summed E-state index contributed by atoms with van der Waals surface area (Å²) < 4.78 is 0. The lowest BCUT2D eigenvalue weighted by Crippen LogP contribution is -3.14. The van der Waals surface area contributed by atoms with Gasteiger partial charge in [0.25, 0.3) is 5.91 Å². The zero-order valence-corrected chi connectivity index (χ0v) is 14.2. The van der Waals surface area contributed by atoms with Gasteiger partial charge in [0.05, 0.1) is 17.8 Å². The predicted molar refractivity (Wildman–Crippen MR) is 94.0 cm³/mol. The minimum absolute atomic E-state index is 0.00275. The number of amides is 1. The van der Waals surface area contributed by atoms with Crippen LogP contribution in [0.15, 0.2) is 35.7 Å². The Kier molecular flexibility index (Phi) is 4.09. The van der Waals surface area contributed by atoms with Gasteiger partial charge in [-0.3, -0.25) is 4.79 Å². The molecule has 2 aromatic rings. The molecule has 2 aliphatic rings. The number of carbonyl (C=O) groups excluding carboxylic acids is 1. The molecule has 1 fully saturated rings. The fraction of sp³-hybridized carbons (Fsp3) is 0.368. The van der Waals surface area contributed by atoms with Gasteiger partial charge in [-0.25, -0.2) is 0 Å². The quantitative estimate of drug-likeness (QED) is 0.897. The van der Waals surface area contributed by atoms with Crippen LogP contribution < -0.4 is 10.2 Å². The van der Waals surface area contributed by atoms with Gasteiger partial charge in [0, 0.05) is 22.8 Å². The van der Waals surface area contributed by atoms with Gasteiger partial charge >= 0.3 is 0 Å². The number of para-hydroxylation sites is 1. The number of fused-ring (bicyclic) bond motifs is 1. The van der Waals surface area contributed by atoms with Crippen molar-refractivity contribution < 1.29 is 9.69 Å². The van der Waals surface area contributed by atoms with Crippen LogP contribution in [0.5, 0.6) is 0 Å². The Bertz CT molecular complexity index is 803. The lowest BCUT2D eigenvalue weighted by atomic mass is 9.96. The summed E-state index contributed by atoms with van der Waals surface area (Å²) in [5, 5.41) is 14.3. The summed E-state index contributed by atoms with van der Waals surface area (Å²) in [6, 6.07) is 12.0. The van der Waals surface area contributed by atoms with E-state index in [0.29, 0.717) is 23.8 Å². The van der Waals surface area contributed by atoms with Gasteiger partial charge in [-0.2, -0.15) is 5.26 Å². The van der Waals surface area contributed by atoms with Crippen molar-refractivity contribution in [3.05, 3.63) is 51.7 Å². The zero-order chi connectivity index (χ0) is 16.5. The molecule has 2 N–H and O–H groups in total. The highest BCUT2D eigenvalue weighted by Crippen LogP contribution is 2.42. The monoisotopic (exact) mass is 338 g/mol. The topological polar surface area (TPSA) is 57.3 Å². The van der Waals surface area contributed by atoms with E-state index in [4.69, 9.17) is 5.26 Å². The van der Waals surface area contributed by atoms with Crippen molar-refractivity contribution in [1.82, 2.24) is 0 Å². The molecule has 1 saturated carbocycles. The fourth-order valence-corrected chi connectivity index (χ4v) is 4.72. The number of hydrogen-bond acceptors (Lipinski definition) is 3. The van der Waals surface area contributed by atoms with Crippen LogP contribution in [0.1, 0.15) is 34.9 Å². The first-order valence-corrected chi connectivity index (χ1v) is 9.34. The molecule has 1 amide bonds. The van der Waals surface area contributed by atoms with Crippen LogP contribution in [0.4, 0.5) is 5.69 Å². The highest BCUT2D eigenvalue weighted by molar-refractivity contribution is 7.10. The molecule has 0 bridgehead atoms. The Hall–Kier alpha value is -2.16. The molecule has 0 spiro atoms. The van der Waals surface area contributed by atoms with Gasteiger partial charge in [0.15, 0.2) is 6.54 Å². The Labute approximate surface area is 145 Å². The molecule has 5 heteroatoms. The van der Waals surface area contributed by atoms with Gasteiger partial charge in [-0.1, -0.05) is 12.1 Å². The highest BCUT2D eigenvalue weighted by Gasteiger charge is 2.43. The van der Waals surface area contributed by atoms with E-state index in [-0.39, 0.29) is 5.91 Å². The molecule has 122 valence electrons. The van der Waals surface area contributed by atoms with Crippen molar-refractivity contribution in [1.29, 1.82) is 5.26 Å². The van der Waals surface area contributed by atoms with E-state index in [1.807, 2.05) is 23.5 Å². The Morgan fingerprint density at radius 2 is 2.17 bits per heavy atom. The molecule has 1 aromatic carbocycles. The van der Waals surface area contributed by atoms with Crippen LogP contribution in [0.3, 0.4) is 0 Å². The van der Waals surface area contributed by atoms with E-state index >= 15 is 0 Å². The Balaban J connectivity index is 1.48. The number of thiophene rings is 1. The maximum absolute atomic E-state index is 12.5. The van der Waals surface area contributed by atoms with E-state index in [9.17, 15) is 4.79 Å². The Morgan fingerprint density at radius 1 is 1.33 bits per heavy atom. The zero-order valence-electron chi connectivity index (χ0n) is 13.4. The summed E-state index contributed by atoms with van der Waals surface area (Å²) in [4.78, 5) is 15.4. The largest absolute Gasteiger partial charge is 0.320 e. The molecule has 1 aliphatic carbocycles. The third-order valence-electron chi connectivity index (χ3n) is 5.03. The van der Waals surface area contributed by atoms with Gasteiger partial charge in [0.1, 0.15) is 12.1 Å². The van der Waals surface area contributed by atoms with Gasteiger partial charge in [-0.15, -0.1) is 11.3 Å². The van der Waals surface area contributed by atoms with Crippen LogP contribution in [0, 0.1) is 17.2 Å². The molecule has 4 nitrogen and oxygen atoms in total. The van der Waals surface area contributed by atoms with Crippen LogP contribution >= 0.6 is 11.3 Å². The molecular weight excluding hydrogens is 318 g/mol. The van der Waals surface area contributed by atoms with E-state index in [1.54, 1.807) is 12.1 Å². The maximum Gasteiger partial charge on any atom is 0.279 e. The minimum atomic E-state index is -0.00275. The van der Waals surface area contributed by atoms with Crippen molar-refractivity contribution >= 4 is 22.9 Å². The maximum atomic E-state index is 12.5. The summed E-state index contributed by atoms with van der Waals surface area (Å²) in [5.41, 5.74) is 2.59. The van der Waals surface area contributed by atoms with Crippen molar-refractivity contribution in [3.63, 3.8) is 0 Å². The molecule has 2 atom stereocenters. The summed E-state index contributed by atoms with van der Waals surface area (Å²) in [6.45, 7) is 1.48. The normalized spacial score (nSPS) is 22.5. The lowest BCUT2D eigenvalue weighted by Gasteiger charge is -2.32. The fourth-order valence-electron chi connectivity index (χ4n) is 3.79. The van der Waals surface area contributed by atoms with Crippen LogP contribution in [0.25, 0.3) is 0 Å². The number of nitrogens with one attached hydrogen (secondary N) is 2. The number of quaternary nitrogens is 1. The standard InChI is InChI=1S/C19H19N3OS/c20-11-14-3-1-2-4-16(14)21-18(23)12-22-9-7-17-15(8-10-24-17)19(22)13-5-6-13/h1-4,8,10,13,19H,5-7,9,12H2,(H,21,23)/p+1/t19-/m1/s1. The molecule has 24 heavy (non-hydrogen) atoms. The van der Waals surface area contributed by atoms with Crippen molar-refractivity contribution in [3.8, 4) is 6.07 Å². The minimum Gasteiger partial charge on any atom is -0.320 e. The van der Waals surface area contributed by atoms with Crippen LogP contribution in [-0.2, 0) is 11.2 Å². The number of nitriles is 1. The molecule has 0 saturated heterocycles. The number of anilines is 1. The van der Waals surface area contributed by atoms with Crippen LogP contribution in [0.2, 0.25) is 0 Å². The molecule has 2 heterocycles.